The predicted octanol–water partition coefficient (Wildman–Crippen LogP) is 20.4. The minimum absolute atomic E-state index is 0.0934. The molecule has 143 heavy (non-hydrogen) atoms. The van der Waals surface area contributed by atoms with Crippen LogP contribution in [0.3, 0.4) is 0 Å². The third-order valence-electron chi connectivity index (χ3n) is 31.6. The first-order valence-electron chi connectivity index (χ1n) is 52.6. The van der Waals surface area contributed by atoms with Crippen LogP contribution in [0.15, 0.2) is 140 Å². The fraction of sp³-hybridized carbons (Fsp3) is 0.539. The number of amides is 1. The van der Waals surface area contributed by atoms with Gasteiger partial charge in [-0.15, -0.1) is 0 Å². The predicted molar refractivity (Wildman–Crippen MR) is 574 cm³/mol. The number of nitrogens with zero attached hydrogens (tertiary/aromatic N) is 12. The number of anilines is 4. The molecule has 28 heteroatoms. The SMILES string of the molecule is COc1cc2c(NC3CC4(CCN(C)CC4)C3)cc(-c3ccc(C)o3)nc2cc1OCC1CCN(C)CC1.COc1cc2c(NC3CCN(C)C(=O)C3)cc(C3=CC=C(C)C3)nc2cc1OCC1CCN(C)CC1.COc1cc2c(NC3CCN(C)CC3)cc(-c3ccc(C)o3)nc2cc1OC1CCN(C)CC1.COc1cc2c(NC3CCN(C)CC3)cc(-c3ccc(C)o3)nc2cc1OCC1CCN(C)CC1. The van der Waals surface area contributed by atoms with Gasteiger partial charge in [0.25, 0.3) is 0 Å². The molecule has 1 amide bonds. The van der Waals surface area contributed by atoms with Gasteiger partial charge in [-0.25, -0.2) is 19.9 Å². The highest BCUT2D eigenvalue weighted by Gasteiger charge is 2.46. The van der Waals surface area contributed by atoms with Gasteiger partial charge in [-0.2, -0.15) is 0 Å². The zero-order valence-corrected chi connectivity index (χ0v) is 87.6. The average Bonchev–Trinajstić information content (AvgIpc) is 1.21. The number of carbonyl (C=O) groups is 1. The van der Waals surface area contributed by atoms with E-state index in [9.17, 15) is 4.79 Å². The van der Waals surface area contributed by atoms with Crippen LogP contribution in [0.2, 0.25) is 0 Å². The number of fused-ring (bicyclic) bond motifs is 4. The van der Waals surface area contributed by atoms with E-state index in [0.29, 0.717) is 73.3 Å². The zero-order chi connectivity index (χ0) is 99.5. The summed E-state index contributed by atoms with van der Waals surface area (Å²) in [4.78, 5) is 50.9. The lowest BCUT2D eigenvalue weighted by molar-refractivity contribution is -0.132. The molecule has 766 valence electrons. The maximum atomic E-state index is 12.4. The number of hydrogen-bond acceptors (Lipinski definition) is 27. The van der Waals surface area contributed by atoms with Gasteiger partial charge < -0.3 is 112 Å². The highest BCUT2D eigenvalue weighted by Crippen LogP contribution is 2.52. The average molecular weight is 1950 g/mol. The first-order chi connectivity index (χ1) is 69.2. The topological polar surface area (TPSA) is 256 Å². The number of likely N-dealkylation sites (tertiary alicyclic amines) is 8. The standard InChI is InChI=1S/C31H42N4O3.C29H38N4O3.C28H38N4O3.C27H36N4O3/c1-21-5-6-28(38-21)27-16-25(32-23-18-31(19-23)9-13-35(3)14-10-31)24-15-29(36-4)30(17-26(24)33-27)37-20-22-7-11-34(2)12-8-22;1-19-5-6-21(13-19)24-16-25(30-22-9-12-33(3)29(34)14-22)23-15-27(35-4)28(17-26(23)31-24)36-18-20-7-10-32(2)11-8-20;1-19-5-6-26(35-19)25-16-23(29-21-9-13-32(3)14-10-21)22-15-27(33-4)28(17-24(22)30-25)34-18-20-7-11-31(2)12-8-20;1-18-5-6-25(33-18)24-16-22(28-19-7-11-30(2)12-8-19)21-15-26(32-4)27(17-23(21)29-24)34-20-9-13-31(3)14-10-20/h5-6,15-17,22-23H,7-14,18-20H2,1-4H3,(H,32,33);5-6,15-17,20,22H,7-14,18H2,1-4H3,(H,30,31);5-6,15-17,20-21H,7-14,18H2,1-4H3,(H,29,30);5-6,15-17,19-20H,7-14H2,1-4H3,(H,28,29). The molecule has 0 radical (unpaired) electrons. The summed E-state index contributed by atoms with van der Waals surface area (Å²) in [6, 6.07) is 38.2. The summed E-state index contributed by atoms with van der Waals surface area (Å²) in [5.41, 5.74) is 14.2. The molecule has 8 saturated heterocycles. The molecule has 1 saturated carbocycles. The van der Waals surface area contributed by atoms with Gasteiger partial charge in [0.1, 0.15) is 40.5 Å². The summed E-state index contributed by atoms with van der Waals surface area (Å²) < 4.78 is 66.4. The third kappa shape index (κ3) is 25.6. The van der Waals surface area contributed by atoms with E-state index in [4.69, 9.17) is 71.1 Å². The van der Waals surface area contributed by atoms with E-state index in [-0.39, 0.29) is 18.1 Å². The van der Waals surface area contributed by atoms with Crippen molar-refractivity contribution in [3.05, 3.63) is 150 Å². The second-order valence-electron chi connectivity index (χ2n) is 42.9. The summed E-state index contributed by atoms with van der Waals surface area (Å²) in [5, 5.41) is 19.3. The Morgan fingerprint density at radius 2 is 0.657 bits per heavy atom. The van der Waals surface area contributed by atoms with E-state index >= 15 is 0 Å². The maximum absolute atomic E-state index is 12.4. The van der Waals surface area contributed by atoms with Crippen molar-refractivity contribution >= 4 is 77.8 Å². The van der Waals surface area contributed by atoms with Crippen molar-refractivity contribution in [2.24, 2.45) is 23.2 Å². The molecule has 4 N–H and O–H groups in total. The number of ether oxygens (including phenoxy) is 8. The van der Waals surface area contributed by atoms with Crippen LogP contribution in [-0.4, -0.2) is 298 Å². The van der Waals surface area contributed by atoms with Crippen molar-refractivity contribution in [1.82, 2.24) is 59.1 Å². The monoisotopic (exact) mass is 1950 g/mol. The minimum atomic E-state index is 0.0934. The second-order valence-corrected chi connectivity index (χ2v) is 42.9. The van der Waals surface area contributed by atoms with Gasteiger partial charge in [-0.3, -0.25) is 4.79 Å². The highest BCUT2D eigenvalue weighted by molar-refractivity contribution is 5.99. The van der Waals surface area contributed by atoms with E-state index in [0.717, 1.165) is 326 Å². The van der Waals surface area contributed by atoms with Crippen LogP contribution >= 0.6 is 0 Å². The largest absolute Gasteiger partial charge is 0.493 e. The van der Waals surface area contributed by atoms with Crippen molar-refractivity contribution < 1.29 is 55.9 Å². The Kier molecular flexibility index (Phi) is 33.0. The van der Waals surface area contributed by atoms with E-state index < -0.39 is 0 Å². The Balaban J connectivity index is 0.000000126. The van der Waals surface area contributed by atoms with Crippen LogP contribution in [0, 0.1) is 43.9 Å². The molecule has 28 nitrogen and oxygen atoms in total. The number of rotatable bonds is 27. The van der Waals surface area contributed by atoms with Crippen molar-refractivity contribution in [3.63, 3.8) is 0 Å². The molecule has 4 aromatic carbocycles. The number of aryl methyl sites for hydroxylation is 3. The summed E-state index contributed by atoms with van der Waals surface area (Å²) >= 11 is 0. The molecule has 7 aromatic heterocycles. The molecule has 10 aliphatic rings. The molecule has 2 aliphatic carbocycles. The molecule has 11 aromatic rings. The quantitative estimate of drug-likeness (QED) is 0.0373. The van der Waals surface area contributed by atoms with E-state index in [1.54, 1.807) is 28.4 Å². The van der Waals surface area contributed by atoms with Crippen molar-refractivity contribution in [2.45, 2.75) is 180 Å². The van der Waals surface area contributed by atoms with Crippen LogP contribution < -0.4 is 59.2 Å². The maximum Gasteiger partial charge on any atom is 0.224 e. The van der Waals surface area contributed by atoms with Crippen LogP contribution in [0.1, 0.15) is 152 Å². The highest BCUT2D eigenvalue weighted by atomic mass is 16.5. The van der Waals surface area contributed by atoms with Crippen LogP contribution in [0.4, 0.5) is 22.7 Å². The van der Waals surface area contributed by atoms with Gasteiger partial charge in [0.2, 0.25) is 5.91 Å². The van der Waals surface area contributed by atoms with E-state index in [1.807, 2.05) is 99.4 Å². The summed E-state index contributed by atoms with van der Waals surface area (Å²) in [6.45, 7) is 26.6. The van der Waals surface area contributed by atoms with Gasteiger partial charge in [-0.1, -0.05) is 17.7 Å². The molecule has 1 spiro atoms. The summed E-state index contributed by atoms with van der Waals surface area (Å²) in [7, 11) is 24.0. The Morgan fingerprint density at radius 1 is 0.343 bits per heavy atom. The second kappa shape index (κ2) is 46.3. The number of piperidine rings is 8. The number of allylic oxidation sites excluding steroid dienone is 4. The number of furan rings is 3. The lowest BCUT2D eigenvalue weighted by Crippen LogP contribution is -2.50. The van der Waals surface area contributed by atoms with Gasteiger partial charge in [0.05, 0.1) is 76.0 Å². The molecular formula is C115H154N16O12. The minimum Gasteiger partial charge on any atom is -0.493 e. The summed E-state index contributed by atoms with van der Waals surface area (Å²) in [5.74, 6) is 12.8. The van der Waals surface area contributed by atoms with Crippen molar-refractivity contribution in [1.29, 1.82) is 0 Å². The number of nitrogens with one attached hydrogen (secondary N) is 4. The first-order valence-corrected chi connectivity index (χ1v) is 52.6. The van der Waals surface area contributed by atoms with Crippen molar-refractivity contribution in [2.75, 3.05) is 224 Å². The van der Waals surface area contributed by atoms with Gasteiger partial charge in [-0.05, 0) is 385 Å². The molecule has 21 rings (SSSR count). The number of methoxy groups -OCH3 is 4. The fourth-order valence-corrected chi connectivity index (χ4v) is 22.0. The number of aromatic nitrogens is 4. The molecule has 0 bridgehead atoms. The van der Waals surface area contributed by atoms with E-state index in [1.165, 1.54) is 62.8 Å². The van der Waals surface area contributed by atoms with Crippen LogP contribution in [0.25, 0.3) is 83.5 Å². The fourth-order valence-electron chi connectivity index (χ4n) is 22.0. The lowest BCUT2D eigenvalue weighted by atomic mass is 9.60. The molecule has 8 aliphatic heterocycles. The van der Waals surface area contributed by atoms with Gasteiger partial charge >= 0.3 is 0 Å². The number of benzene rings is 4. The zero-order valence-electron chi connectivity index (χ0n) is 87.6. The summed E-state index contributed by atoms with van der Waals surface area (Å²) in [6.07, 6.45) is 25.4. The Hall–Kier alpha value is -11.4. The Morgan fingerprint density at radius 3 is 1.00 bits per heavy atom. The molecule has 1 unspecified atom stereocenters. The molecule has 1 atom stereocenters. The van der Waals surface area contributed by atoms with Crippen LogP contribution in [-0.2, 0) is 4.79 Å². The molecule has 15 heterocycles. The first kappa shape index (κ1) is 102. The smallest absolute Gasteiger partial charge is 0.224 e. The van der Waals surface area contributed by atoms with Crippen LogP contribution in [0.5, 0.6) is 46.0 Å². The number of carbonyl (C=O) groups excluding carboxylic acids is 1. The van der Waals surface area contributed by atoms with E-state index in [2.05, 4.69) is 166 Å². The molecule has 9 fully saturated rings. The normalized spacial score (nSPS) is 20.1. The van der Waals surface area contributed by atoms with Gasteiger partial charge in [0.15, 0.2) is 63.3 Å². The molecular weight excluding hydrogens is 1800 g/mol. The third-order valence-corrected chi connectivity index (χ3v) is 31.6. The van der Waals surface area contributed by atoms with Crippen molar-refractivity contribution in [3.8, 4) is 80.4 Å². The Labute approximate surface area is 845 Å². The van der Waals surface area contributed by atoms with Gasteiger partial charge in [0, 0.05) is 126 Å². The number of hydrogen-bond donors (Lipinski definition) is 4. The Bertz CT molecular complexity index is 6220. The lowest BCUT2D eigenvalue weighted by Gasteiger charge is -2.52. The number of pyridine rings is 4.